The molecule has 0 saturated heterocycles. The average Bonchev–Trinajstić information content (AvgIpc) is 2.38. The smallest absolute Gasteiger partial charge is 0.163 e. The van der Waals surface area contributed by atoms with E-state index >= 15 is 0 Å². The molecule has 0 fully saturated rings. The third-order valence-corrected chi connectivity index (χ3v) is 2.98. The number of nitrogens with zero attached hydrogens (tertiary/aromatic N) is 3. The lowest BCUT2D eigenvalue weighted by Gasteiger charge is -2.04. The molecule has 18 heavy (non-hydrogen) atoms. The number of fused-ring (bicyclic) bond motifs is 2. The molecule has 0 aliphatic rings. The van der Waals surface area contributed by atoms with E-state index < -0.39 is 0 Å². The number of hydrogen-bond acceptors (Lipinski definition) is 4. The summed E-state index contributed by atoms with van der Waals surface area (Å²) in [6, 6.07) is 8.27. The minimum absolute atomic E-state index is 0.656. The molecular weight excluding hydrogens is 224 g/mol. The third kappa shape index (κ3) is 1.80. The molecule has 0 unspecified atom stereocenters. The first-order chi connectivity index (χ1) is 8.78. The summed E-state index contributed by atoms with van der Waals surface area (Å²) >= 11 is 0. The third-order valence-electron chi connectivity index (χ3n) is 2.98. The summed E-state index contributed by atoms with van der Waals surface area (Å²) in [6.45, 7) is 2.72. The molecule has 1 N–H and O–H groups in total. The number of aryl methyl sites for hydroxylation is 1. The monoisotopic (exact) mass is 238 g/mol. The van der Waals surface area contributed by atoms with E-state index in [9.17, 15) is 0 Å². The van der Waals surface area contributed by atoms with Gasteiger partial charge in [0.2, 0.25) is 0 Å². The number of para-hydroxylation sites is 1. The Morgan fingerprint density at radius 2 is 2.06 bits per heavy atom. The Morgan fingerprint density at radius 1 is 1.17 bits per heavy atom. The van der Waals surface area contributed by atoms with Crippen molar-refractivity contribution < 1.29 is 0 Å². The first kappa shape index (κ1) is 11.0. The molecule has 1 aromatic carbocycles. The Hall–Kier alpha value is -2.07. The highest BCUT2D eigenvalue weighted by atomic mass is 15.0. The Balaban J connectivity index is 2.28. The van der Waals surface area contributed by atoms with Crippen molar-refractivity contribution in [2.45, 2.75) is 13.5 Å². The van der Waals surface area contributed by atoms with E-state index in [4.69, 9.17) is 0 Å². The molecule has 3 aromatic rings. The summed E-state index contributed by atoms with van der Waals surface area (Å²) < 4.78 is 0. The van der Waals surface area contributed by atoms with Crippen LogP contribution in [-0.2, 0) is 6.54 Å². The van der Waals surface area contributed by atoms with E-state index in [1.54, 1.807) is 0 Å². The molecule has 4 heteroatoms. The van der Waals surface area contributed by atoms with Gasteiger partial charge in [0.15, 0.2) is 5.65 Å². The highest BCUT2D eigenvalue weighted by Crippen LogP contribution is 2.20. The zero-order valence-electron chi connectivity index (χ0n) is 10.4. The Bertz CT molecular complexity index is 721. The van der Waals surface area contributed by atoms with Crippen molar-refractivity contribution in [1.82, 2.24) is 20.3 Å². The summed E-state index contributed by atoms with van der Waals surface area (Å²) in [5, 5.41) is 5.16. The molecule has 90 valence electrons. The van der Waals surface area contributed by atoms with Gasteiger partial charge < -0.3 is 5.32 Å². The van der Waals surface area contributed by atoms with Crippen molar-refractivity contribution in [3.8, 4) is 0 Å². The lowest BCUT2D eigenvalue weighted by Crippen LogP contribution is -2.09. The van der Waals surface area contributed by atoms with Crippen LogP contribution < -0.4 is 5.32 Å². The molecule has 0 spiro atoms. The summed E-state index contributed by atoms with van der Waals surface area (Å²) in [6.07, 6.45) is 1.84. The Morgan fingerprint density at radius 3 is 2.89 bits per heavy atom. The van der Waals surface area contributed by atoms with Crippen molar-refractivity contribution in [3.05, 3.63) is 41.9 Å². The lowest BCUT2D eigenvalue weighted by atomic mass is 10.1. The zero-order chi connectivity index (χ0) is 12.5. The standard InChI is InChI=1S/C14H14N4/c1-9-4-3-5-10-6-11-7-16-12(8-15-2)17-14(11)18-13(9)10/h3-7,15H,8H2,1-2H3. The number of benzene rings is 1. The largest absolute Gasteiger partial charge is 0.313 e. The normalized spacial score (nSPS) is 11.2. The molecular formula is C14H14N4. The molecule has 3 rings (SSSR count). The molecule has 0 aliphatic carbocycles. The minimum Gasteiger partial charge on any atom is -0.313 e. The second-order valence-electron chi connectivity index (χ2n) is 4.36. The van der Waals surface area contributed by atoms with E-state index in [-0.39, 0.29) is 0 Å². The second-order valence-corrected chi connectivity index (χ2v) is 4.36. The molecule has 0 atom stereocenters. The predicted octanol–water partition coefficient (Wildman–Crippen LogP) is 2.21. The van der Waals surface area contributed by atoms with Gasteiger partial charge in [-0.1, -0.05) is 18.2 Å². The Kier molecular flexibility index (Phi) is 2.64. The number of hydrogen-bond donors (Lipinski definition) is 1. The van der Waals surface area contributed by atoms with Gasteiger partial charge in [-0.3, -0.25) is 0 Å². The number of aromatic nitrogens is 3. The maximum Gasteiger partial charge on any atom is 0.163 e. The van der Waals surface area contributed by atoms with Gasteiger partial charge in [0.1, 0.15) is 5.82 Å². The summed E-state index contributed by atoms with van der Waals surface area (Å²) in [7, 11) is 1.88. The van der Waals surface area contributed by atoms with Crippen molar-refractivity contribution >= 4 is 21.9 Å². The van der Waals surface area contributed by atoms with E-state index in [2.05, 4.69) is 45.4 Å². The van der Waals surface area contributed by atoms with Crippen LogP contribution in [0.2, 0.25) is 0 Å². The second kappa shape index (κ2) is 4.31. The molecule has 0 amide bonds. The first-order valence-corrected chi connectivity index (χ1v) is 5.94. The number of pyridine rings is 1. The molecule has 2 aromatic heterocycles. The van der Waals surface area contributed by atoms with Crippen LogP contribution >= 0.6 is 0 Å². The summed E-state index contributed by atoms with van der Waals surface area (Å²) in [5.74, 6) is 0.769. The summed E-state index contributed by atoms with van der Waals surface area (Å²) in [5.41, 5.74) is 2.94. The van der Waals surface area contributed by atoms with Crippen LogP contribution in [0.15, 0.2) is 30.5 Å². The van der Waals surface area contributed by atoms with Gasteiger partial charge in [-0.25, -0.2) is 15.0 Å². The quantitative estimate of drug-likeness (QED) is 0.695. The van der Waals surface area contributed by atoms with Crippen molar-refractivity contribution in [3.63, 3.8) is 0 Å². The van der Waals surface area contributed by atoms with E-state index in [1.807, 2.05) is 19.3 Å². The topological polar surface area (TPSA) is 50.7 Å². The highest BCUT2D eigenvalue weighted by molar-refractivity contribution is 5.92. The average molecular weight is 238 g/mol. The molecule has 2 heterocycles. The fourth-order valence-electron chi connectivity index (χ4n) is 2.08. The minimum atomic E-state index is 0.656. The van der Waals surface area contributed by atoms with Crippen LogP contribution in [0.3, 0.4) is 0 Å². The van der Waals surface area contributed by atoms with E-state index in [1.165, 1.54) is 5.56 Å². The van der Waals surface area contributed by atoms with Gasteiger partial charge >= 0.3 is 0 Å². The van der Waals surface area contributed by atoms with Crippen molar-refractivity contribution in [2.24, 2.45) is 0 Å². The molecule has 4 nitrogen and oxygen atoms in total. The number of rotatable bonds is 2. The zero-order valence-corrected chi connectivity index (χ0v) is 10.4. The molecule has 0 aliphatic heterocycles. The molecule has 0 radical (unpaired) electrons. The Labute approximate surface area is 105 Å². The van der Waals surface area contributed by atoms with Gasteiger partial charge in [0.05, 0.1) is 12.1 Å². The highest BCUT2D eigenvalue weighted by Gasteiger charge is 2.04. The van der Waals surface area contributed by atoms with Gasteiger partial charge in [0, 0.05) is 17.0 Å². The van der Waals surface area contributed by atoms with Crippen molar-refractivity contribution in [1.29, 1.82) is 0 Å². The van der Waals surface area contributed by atoms with Gasteiger partial charge in [0.25, 0.3) is 0 Å². The fourth-order valence-corrected chi connectivity index (χ4v) is 2.08. The maximum absolute atomic E-state index is 4.64. The molecule has 0 saturated carbocycles. The lowest BCUT2D eigenvalue weighted by molar-refractivity contribution is 0.763. The van der Waals surface area contributed by atoms with Crippen LogP contribution in [0.1, 0.15) is 11.4 Å². The molecule has 0 bridgehead atoms. The predicted molar refractivity (Wildman–Crippen MR) is 72.3 cm³/mol. The first-order valence-electron chi connectivity index (χ1n) is 5.94. The van der Waals surface area contributed by atoms with Crippen molar-refractivity contribution in [2.75, 3.05) is 7.05 Å². The van der Waals surface area contributed by atoms with Crippen LogP contribution in [0.25, 0.3) is 21.9 Å². The van der Waals surface area contributed by atoms with Crippen LogP contribution in [0.5, 0.6) is 0 Å². The number of nitrogens with one attached hydrogen (secondary N) is 1. The SMILES string of the molecule is CNCc1ncc2cc3cccc(C)c3nc2n1. The van der Waals surface area contributed by atoms with Crippen LogP contribution in [0.4, 0.5) is 0 Å². The van der Waals surface area contributed by atoms with Gasteiger partial charge in [-0.05, 0) is 25.6 Å². The van der Waals surface area contributed by atoms with Crippen LogP contribution in [-0.4, -0.2) is 22.0 Å². The summed E-state index contributed by atoms with van der Waals surface area (Å²) in [4.78, 5) is 13.4. The fraction of sp³-hybridized carbons (Fsp3) is 0.214. The van der Waals surface area contributed by atoms with Gasteiger partial charge in [-0.15, -0.1) is 0 Å². The van der Waals surface area contributed by atoms with E-state index in [0.29, 0.717) is 6.54 Å². The van der Waals surface area contributed by atoms with Crippen LogP contribution in [0, 0.1) is 6.92 Å². The van der Waals surface area contributed by atoms with E-state index in [0.717, 1.165) is 27.8 Å². The maximum atomic E-state index is 4.64. The van der Waals surface area contributed by atoms with Gasteiger partial charge in [-0.2, -0.15) is 0 Å².